The van der Waals surface area contributed by atoms with Crippen LogP contribution in [0, 0.1) is 3.57 Å². The Morgan fingerprint density at radius 2 is 2.22 bits per heavy atom. The molecular formula is C14H12INO5S2. The number of aliphatic carboxylic acids is 1. The summed E-state index contributed by atoms with van der Waals surface area (Å²) in [5.41, 5.74) is 0.659. The van der Waals surface area contributed by atoms with Crippen molar-refractivity contribution < 1.29 is 24.5 Å². The Labute approximate surface area is 155 Å². The van der Waals surface area contributed by atoms with Crippen molar-refractivity contribution >= 4 is 68.8 Å². The van der Waals surface area contributed by atoms with Gasteiger partial charge in [0.25, 0.3) is 5.91 Å². The van der Waals surface area contributed by atoms with Gasteiger partial charge in [-0.15, -0.1) is 0 Å². The Hall–Kier alpha value is -1.33. The molecule has 1 aliphatic heterocycles. The lowest BCUT2D eigenvalue weighted by molar-refractivity contribution is -0.140. The molecule has 0 bridgehead atoms. The van der Waals surface area contributed by atoms with Gasteiger partial charge in [-0.25, -0.2) is 0 Å². The minimum Gasteiger partial charge on any atom is -0.504 e. The molecule has 1 aromatic carbocycles. The monoisotopic (exact) mass is 465 g/mol. The largest absolute Gasteiger partial charge is 0.504 e. The summed E-state index contributed by atoms with van der Waals surface area (Å²) >= 11 is 8.06. The Bertz CT molecular complexity index is 719. The Morgan fingerprint density at radius 3 is 2.83 bits per heavy atom. The lowest BCUT2D eigenvalue weighted by Gasteiger charge is -2.10. The van der Waals surface area contributed by atoms with Crippen LogP contribution < -0.4 is 4.74 Å². The van der Waals surface area contributed by atoms with Crippen molar-refractivity contribution in [2.45, 2.75) is 6.92 Å². The van der Waals surface area contributed by atoms with Crippen molar-refractivity contribution in [2.24, 2.45) is 0 Å². The number of aromatic hydroxyl groups is 1. The van der Waals surface area contributed by atoms with Crippen molar-refractivity contribution in [1.82, 2.24) is 4.90 Å². The van der Waals surface area contributed by atoms with E-state index in [4.69, 9.17) is 22.1 Å². The molecular weight excluding hydrogens is 453 g/mol. The molecule has 0 aromatic heterocycles. The van der Waals surface area contributed by atoms with Crippen LogP contribution in [0.1, 0.15) is 12.5 Å². The average molecular weight is 465 g/mol. The van der Waals surface area contributed by atoms with E-state index in [2.05, 4.69) is 0 Å². The summed E-state index contributed by atoms with van der Waals surface area (Å²) in [4.78, 5) is 24.4. The minimum atomic E-state index is -1.12. The molecule has 0 radical (unpaired) electrons. The third-order valence-corrected chi connectivity index (χ3v) is 5.02. The number of thioether (sulfide) groups is 1. The van der Waals surface area contributed by atoms with Crippen LogP contribution in [-0.2, 0) is 9.59 Å². The first-order chi connectivity index (χ1) is 10.8. The second-order valence-electron chi connectivity index (χ2n) is 4.44. The number of nitrogens with zero attached hydrogens (tertiary/aromatic N) is 1. The zero-order valence-electron chi connectivity index (χ0n) is 11.9. The predicted molar refractivity (Wildman–Crippen MR) is 99.5 cm³/mol. The van der Waals surface area contributed by atoms with Gasteiger partial charge in [-0.2, -0.15) is 0 Å². The summed E-state index contributed by atoms with van der Waals surface area (Å²) in [6.45, 7) is 1.74. The summed E-state index contributed by atoms with van der Waals surface area (Å²) in [6.07, 6.45) is 1.60. The molecule has 0 atom stereocenters. The maximum Gasteiger partial charge on any atom is 0.323 e. The Kier molecular flexibility index (Phi) is 5.87. The molecule has 0 saturated carbocycles. The van der Waals surface area contributed by atoms with Crippen LogP contribution in [0.2, 0.25) is 0 Å². The van der Waals surface area contributed by atoms with Crippen molar-refractivity contribution in [1.29, 1.82) is 0 Å². The number of amides is 1. The van der Waals surface area contributed by atoms with Crippen LogP contribution in [0.5, 0.6) is 11.5 Å². The SMILES string of the molecule is CCOc1cc(/C=C2/SC(=S)N(CC(=O)O)C2=O)cc(I)c1O. The first-order valence-electron chi connectivity index (χ1n) is 6.46. The fourth-order valence-electron chi connectivity index (χ4n) is 1.87. The van der Waals surface area contributed by atoms with Gasteiger partial charge < -0.3 is 14.9 Å². The highest BCUT2D eigenvalue weighted by Crippen LogP contribution is 2.36. The normalized spacial score (nSPS) is 16.3. The van der Waals surface area contributed by atoms with E-state index < -0.39 is 18.4 Å². The van der Waals surface area contributed by atoms with Crippen LogP contribution in [0.4, 0.5) is 0 Å². The quantitative estimate of drug-likeness (QED) is 0.393. The number of thiocarbonyl (C=S) groups is 1. The first kappa shape index (κ1) is 18.0. The molecule has 9 heteroatoms. The maximum absolute atomic E-state index is 12.2. The van der Waals surface area contributed by atoms with Crippen molar-refractivity contribution in [3.05, 3.63) is 26.2 Å². The molecule has 0 aliphatic carbocycles. The highest BCUT2D eigenvalue weighted by atomic mass is 127. The molecule has 1 heterocycles. The number of carbonyl (C=O) groups is 2. The fraction of sp³-hybridized carbons (Fsp3) is 0.214. The number of carbonyl (C=O) groups excluding carboxylic acids is 1. The van der Waals surface area contributed by atoms with Crippen LogP contribution in [0.15, 0.2) is 17.0 Å². The average Bonchev–Trinajstić information content (AvgIpc) is 2.72. The zero-order valence-corrected chi connectivity index (χ0v) is 15.7. The standard InChI is InChI=1S/C14H12INO5S2/c1-2-21-9-4-7(3-8(15)12(9)19)5-10-13(20)16(6-11(17)18)14(22)23-10/h3-5,19H,2,6H2,1H3,(H,17,18)/b10-5+. The highest BCUT2D eigenvalue weighted by molar-refractivity contribution is 14.1. The molecule has 2 N–H and O–H groups in total. The number of benzene rings is 1. The molecule has 1 aromatic rings. The topological polar surface area (TPSA) is 87.1 Å². The van der Waals surface area contributed by atoms with E-state index >= 15 is 0 Å². The van der Waals surface area contributed by atoms with E-state index in [0.29, 0.717) is 26.4 Å². The maximum atomic E-state index is 12.2. The zero-order chi connectivity index (χ0) is 17.1. The number of ether oxygens (including phenoxy) is 1. The summed E-state index contributed by atoms with van der Waals surface area (Å²) in [5.74, 6) is -1.20. The van der Waals surface area contributed by atoms with E-state index in [1.807, 2.05) is 22.6 Å². The van der Waals surface area contributed by atoms with Gasteiger partial charge in [0.1, 0.15) is 10.9 Å². The lowest BCUT2D eigenvalue weighted by atomic mass is 10.2. The van der Waals surface area contributed by atoms with Crippen LogP contribution >= 0.6 is 46.6 Å². The molecule has 1 saturated heterocycles. The third-order valence-electron chi connectivity index (χ3n) is 2.82. The van der Waals surface area contributed by atoms with E-state index in [1.54, 1.807) is 25.1 Å². The van der Waals surface area contributed by atoms with Crippen molar-refractivity contribution in [3.8, 4) is 11.5 Å². The van der Waals surface area contributed by atoms with E-state index in [-0.39, 0.29) is 10.1 Å². The second kappa shape index (κ2) is 7.49. The van der Waals surface area contributed by atoms with Gasteiger partial charge in [-0.1, -0.05) is 24.0 Å². The summed E-state index contributed by atoms with van der Waals surface area (Å²) in [7, 11) is 0. The third kappa shape index (κ3) is 4.15. The Morgan fingerprint density at radius 1 is 1.52 bits per heavy atom. The van der Waals surface area contributed by atoms with Crippen molar-refractivity contribution in [3.63, 3.8) is 0 Å². The minimum absolute atomic E-state index is 0.0445. The van der Waals surface area contributed by atoms with Gasteiger partial charge in [0, 0.05) is 0 Å². The number of hydrogen-bond donors (Lipinski definition) is 2. The summed E-state index contributed by atoms with van der Waals surface area (Å²) in [6, 6.07) is 3.31. The van der Waals surface area contributed by atoms with Gasteiger partial charge in [0.05, 0.1) is 15.1 Å². The number of phenols is 1. The van der Waals surface area contributed by atoms with Gasteiger partial charge in [0.2, 0.25) is 0 Å². The van der Waals surface area contributed by atoms with Crippen LogP contribution in [-0.4, -0.2) is 44.5 Å². The predicted octanol–water partition coefficient (Wildman–Crippen LogP) is 2.68. The van der Waals surface area contributed by atoms with Gasteiger partial charge >= 0.3 is 5.97 Å². The number of halogens is 1. The molecule has 0 spiro atoms. The van der Waals surface area contributed by atoms with Crippen LogP contribution in [0.3, 0.4) is 0 Å². The summed E-state index contributed by atoms with van der Waals surface area (Å²) in [5, 5.41) is 18.7. The molecule has 1 aliphatic rings. The number of rotatable bonds is 5. The first-order valence-corrected chi connectivity index (χ1v) is 8.76. The molecule has 23 heavy (non-hydrogen) atoms. The second-order valence-corrected chi connectivity index (χ2v) is 7.28. The van der Waals surface area contributed by atoms with Gasteiger partial charge in [-0.05, 0) is 53.3 Å². The molecule has 122 valence electrons. The van der Waals surface area contributed by atoms with Crippen molar-refractivity contribution in [2.75, 3.05) is 13.2 Å². The Balaban J connectivity index is 2.34. The number of phenolic OH excluding ortho intramolecular Hbond substituents is 1. The summed E-state index contributed by atoms with van der Waals surface area (Å²) < 4.78 is 6.15. The van der Waals surface area contributed by atoms with Gasteiger partial charge in [-0.3, -0.25) is 14.5 Å². The molecule has 6 nitrogen and oxygen atoms in total. The molecule has 2 rings (SSSR count). The fourth-order valence-corrected chi connectivity index (χ4v) is 3.75. The van der Waals surface area contributed by atoms with Gasteiger partial charge in [0.15, 0.2) is 11.5 Å². The lowest BCUT2D eigenvalue weighted by Crippen LogP contribution is -2.33. The highest BCUT2D eigenvalue weighted by Gasteiger charge is 2.33. The molecule has 1 fully saturated rings. The number of carboxylic acids is 1. The van der Waals surface area contributed by atoms with E-state index in [0.717, 1.165) is 16.7 Å². The van der Waals surface area contributed by atoms with E-state index in [1.165, 1.54) is 0 Å². The van der Waals surface area contributed by atoms with Crippen LogP contribution in [0.25, 0.3) is 6.08 Å². The smallest absolute Gasteiger partial charge is 0.323 e. The number of carboxylic acid groups (broad SMARTS) is 1. The molecule has 0 unspecified atom stereocenters. The molecule has 1 amide bonds. The number of hydrogen-bond acceptors (Lipinski definition) is 6. The van der Waals surface area contributed by atoms with E-state index in [9.17, 15) is 14.7 Å².